The average molecular weight is 376 g/mol. The van der Waals surface area contributed by atoms with Gasteiger partial charge in [0, 0.05) is 23.1 Å². The SMILES string of the molecule is Cc1nc(C)n(-c2ccc(C(=O)N3CC4(CCC4)c4c(F)cccc43)cc2)n1. The summed E-state index contributed by atoms with van der Waals surface area (Å²) >= 11 is 0. The van der Waals surface area contributed by atoms with E-state index in [9.17, 15) is 9.18 Å². The van der Waals surface area contributed by atoms with Crippen LogP contribution in [0.5, 0.6) is 0 Å². The maximum atomic E-state index is 14.6. The van der Waals surface area contributed by atoms with Gasteiger partial charge in [-0.2, -0.15) is 5.10 Å². The first-order chi connectivity index (χ1) is 13.5. The van der Waals surface area contributed by atoms with Crippen molar-refractivity contribution < 1.29 is 9.18 Å². The third kappa shape index (κ3) is 2.40. The Balaban J connectivity index is 1.48. The molecule has 3 aromatic rings. The molecule has 28 heavy (non-hydrogen) atoms. The standard InChI is InChI=1S/C22H21FN4O/c1-14-24-15(2)27(25-14)17-9-7-16(8-10-17)21(28)26-13-22(11-4-12-22)20-18(23)5-3-6-19(20)26/h3,5-10H,4,11-13H2,1-2H3. The highest BCUT2D eigenvalue weighted by atomic mass is 19.1. The van der Waals surface area contributed by atoms with Crippen molar-refractivity contribution in [3.8, 4) is 5.69 Å². The largest absolute Gasteiger partial charge is 0.307 e. The third-order valence-electron chi connectivity index (χ3n) is 6.06. The summed E-state index contributed by atoms with van der Waals surface area (Å²) in [4.78, 5) is 19.3. The molecule has 6 heteroatoms. The maximum Gasteiger partial charge on any atom is 0.258 e. The van der Waals surface area contributed by atoms with Crippen LogP contribution in [0.4, 0.5) is 10.1 Å². The van der Waals surface area contributed by atoms with E-state index in [2.05, 4.69) is 10.1 Å². The lowest BCUT2D eigenvalue weighted by Gasteiger charge is -2.39. The van der Waals surface area contributed by atoms with Crippen molar-refractivity contribution in [2.75, 3.05) is 11.4 Å². The number of amides is 1. The van der Waals surface area contributed by atoms with E-state index < -0.39 is 0 Å². The van der Waals surface area contributed by atoms with Crippen LogP contribution >= 0.6 is 0 Å². The number of hydrogen-bond acceptors (Lipinski definition) is 3. The van der Waals surface area contributed by atoms with Crippen molar-refractivity contribution in [3.05, 3.63) is 71.1 Å². The number of carbonyl (C=O) groups excluding carboxylic acids is 1. The molecule has 5 rings (SSSR count). The number of aryl methyl sites for hydroxylation is 2. The van der Waals surface area contributed by atoms with E-state index in [-0.39, 0.29) is 17.1 Å². The highest BCUT2D eigenvalue weighted by Crippen LogP contribution is 2.53. The molecule has 5 nitrogen and oxygen atoms in total. The van der Waals surface area contributed by atoms with E-state index in [1.165, 1.54) is 6.07 Å². The molecule has 1 amide bonds. The van der Waals surface area contributed by atoms with Crippen LogP contribution in [0.1, 0.15) is 46.8 Å². The molecule has 0 radical (unpaired) electrons. The van der Waals surface area contributed by atoms with Gasteiger partial charge in [-0.3, -0.25) is 4.79 Å². The highest BCUT2D eigenvalue weighted by Gasteiger charge is 2.50. The summed E-state index contributed by atoms with van der Waals surface area (Å²) in [5.74, 6) is 1.22. The maximum absolute atomic E-state index is 14.6. The fraction of sp³-hybridized carbons (Fsp3) is 0.318. The highest BCUT2D eigenvalue weighted by molar-refractivity contribution is 6.08. The summed E-state index contributed by atoms with van der Waals surface area (Å²) in [6, 6.07) is 12.4. The second-order valence-corrected chi connectivity index (χ2v) is 7.82. The van der Waals surface area contributed by atoms with Crippen LogP contribution < -0.4 is 4.90 Å². The zero-order valence-corrected chi connectivity index (χ0v) is 15.9. The van der Waals surface area contributed by atoms with Crippen molar-refractivity contribution in [3.63, 3.8) is 0 Å². The van der Waals surface area contributed by atoms with E-state index in [1.807, 2.05) is 32.0 Å². The molecule has 1 aliphatic heterocycles. The van der Waals surface area contributed by atoms with Gasteiger partial charge >= 0.3 is 0 Å². The summed E-state index contributed by atoms with van der Waals surface area (Å²) in [6.45, 7) is 4.31. The van der Waals surface area contributed by atoms with Gasteiger partial charge in [0.15, 0.2) is 0 Å². The number of carbonyl (C=O) groups is 1. The number of nitrogens with zero attached hydrogens (tertiary/aromatic N) is 4. The van der Waals surface area contributed by atoms with Crippen LogP contribution in [-0.2, 0) is 5.41 Å². The molecule has 142 valence electrons. The first-order valence-electron chi connectivity index (χ1n) is 9.60. The predicted molar refractivity (Wildman–Crippen MR) is 104 cm³/mol. The summed E-state index contributed by atoms with van der Waals surface area (Å²) < 4.78 is 16.3. The molecule has 0 N–H and O–H groups in total. The number of fused-ring (bicyclic) bond motifs is 2. The predicted octanol–water partition coefficient (Wildman–Crippen LogP) is 4.11. The fourth-order valence-corrected chi connectivity index (χ4v) is 4.59. The smallest absolute Gasteiger partial charge is 0.258 e. The molecule has 1 aromatic heterocycles. The van der Waals surface area contributed by atoms with Gasteiger partial charge in [0.25, 0.3) is 5.91 Å². The third-order valence-corrected chi connectivity index (χ3v) is 6.06. The van der Waals surface area contributed by atoms with Crippen molar-refractivity contribution >= 4 is 11.6 Å². The van der Waals surface area contributed by atoms with E-state index in [0.717, 1.165) is 42.0 Å². The van der Waals surface area contributed by atoms with E-state index in [4.69, 9.17) is 0 Å². The van der Waals surface area contributed by atoms with Crippen LogP contribution in [0, 0.1) is 19.7 Å². The van der Waals surface area contributed by atoms with Crippen LogP contribution in [-0.4, -0.2) is 27.2 Å². The Hall–Kier alpha value is -3.02. The summed E-state index contributed by atoms with van der Waals surface area (Å²) in [5.41, 5.74) is 2.69. The molecule has 2 heterocycles. The zero-order chi connectivity index (χ0) is 19.5. The molecule has 0 atom stereocenters. The van der Waals surface area contributed by atoms with Gasteiger partial charge in [-0.15, -0.1) is 0 Å². The van der Waals surface area contributed by atoms with Crippen molar-refractivity contribution in [1.82, 2.24) is 14.8 Å². The van der Waals surface area contributed by atoms with Gasteiger partial charge in [-0.25, -0.2) is 14.1 Å². The van der Waals surface area contributed by atoms with Crippen molar-refractivity contribution in [1.29, 1.82) is 0 Å². The molecule has 1 saturated carbocycles. The lowest BCUT2D eigenvalue weighted by molar-refractivity contribution is 0.0979. The minimum absolute atomic E-state index is 0.0892. The Bertz CT molecular complexity index is 1080. The number of benzene rings is 2. The molecule has 1 fully saturated rings. The normalized spacial score (nSPS) is 16.9. The zero-order valence-electron chi connectivity index (χ0n) is 15.9. The van der Waals surface area contributed by atoms with Gasteiger partial charge < -0.3 is 4.90 Å². The summed E-state index contributed by atoms with van der Waals surface area (Å²) in [7, 11) is 0. The monoisotopic (exact) mass is 376 g/mol. The number of aromatic nitrogens is 3. The van der Waals surface area contributed by atoms with Gasteiger partial charge in [-0.1, -0.05) is 12.5 Å². The average Bonchev–Trinajstić information content (AvgIpc) is 3.19. The number of anilines is 1. The van der Waals surface area contributed by atoms with Crippen LogP contribution in [0.2, 0.25) is 0 Å². The molecule has 0 bridgehead atoms. The topological polar surface area (TPSA) is 51.0 Å². The summed E-state index contributed by atoms with van der Waals surface area (Å²) in [6.07, 6.45) is 2.96. The molecular formula is C22H21FN4O. The fourth-order valence-electron chi connectivity index (χ4n) is 4.59. The minimum Gasteiger partial charge on any atom is -0.307 e. The van der Waals surface area contributed by atoms with Gasteiger partial charge in [-0.05, 0) is 63.1 Å². The quantitative estimate of drug-likeness (QED) is 0.676. The lowest BCUT2D eigenvalue weighted by Crippen LogP contribution is -2.41. The molecular weight excluding hydrogens is 355 g/mol. The van der Waals surface area contributed by atoms with E-state index >= 15 is 0 Å². The van der Waals surface area contributed by atoms with Crippen molar-refractivity contribution in [2.45, 2.75) is 38.5 Å². The number of halogens is 1. The van der Waals surface area contributed by atoms with E-state index in [1.54, 1.807) is 27.8 Å². The molecule has 0 unspecified atom stereocenters. The lowest BCUT2D eigenvalue weighted by atomic mass is 9.65. The molecule has 0 saturated heterocycles. The van der Waals surface area contributed by atoms with Gasteiger partial charge in [0.1, 0.15) is 17.5 Å². The molecule has 2 aromatic carbocycles. The molecule has 2 aliphatic rings. The molecule has 1 spiro atoms. The van der Waals surface area contributed by atoms with Gasteiger partial charge in [0.2, 0.25) is 0 Å². The van der Waals surface area contributed by atoms with Crippen LogP contribution in [0.25, 0.3) is 5.69 Å². The Morgan fingerprint density at radius 3 is 2.46 bits per heavy atom. The second-order valence-electron chi connectivity index (χ2n) is 7.82. The Labute approximate surface area is 162 Å². The second kappa shape index (κ2) is 5.99. The Kier molecular flexibility index (Phi) is 3.66. The van der Waals surface area contributed by atoms with Crippen LogP contribution in [0.15, 0.2) is 42.5 Å². The minimum atomic E-state index is -0.203. The first kappa shape index (κ1) is 17.1. The first-order valence-corrected chi connectivity index (χ1v) is 9.60. The van der Waals surface area contributed by atoms with Gasteiger partial charge in [0.05, 0.1) is 11.4 Å². The number of hydrogen-bond donors (Lipinski definition) is 0. The molecule has 1 aliphatic carbocycles. The van der Waals surface area contributed by atoms with Crippen molar-refractivity contribution in [2.24, 2.45) is 0 Å². The van der Waals surface area contributed by atoms with E-state index in [0.29, 0.717) is 17.9 Å². The Morgan fingerprint density at radius 2 is 1.86 bits per heavy atom. The number of rotatable bonds is 2. The summed E-state index contributed by atoms with van der Waals surface area (Å²) in [5, 5.41) is 4.38. The Morgan fingerprint density at radius 1 is 1.11 bits per heavy atom. The van der Waals surface area contributed by atoms with Crippen LogP contribution in [0.3, 0.4) is 0 Å².